The largest absolute Gasteiger partial charge is 0.342 e. The first-order valence-corrected chi connectivity index (χ1v) is 4.75. The van der Waals surface area contributed by atoms with Crippen LogP contribution in [-0.4, -0.2) is 9.97 Å². The summed E-state index contributed by atoms with van der Waals surface area (Å²) in [5, 5.41) is 0. The van der Waals surface area contributed by atoms with Gasteiger partial charge in [-0.2, -0.15) is 0 Å². The Bertz CT molecular complexity index is 415. The molecule has 13 heavy (non-hydrogen) atoms. The van der Waals surface area contributed by atoms with Crippen molar-refractivity contribution >= 4 is 11.0 Å². The molecule has 0 unspecified atom stereocenters. The quantitative estimate of drug-likeness (QED) is 0.745. The molecule has 0 spiro atoms. The van der Waals surface area contributed by atoms with E-state index in [0.29, 0.717) is 0 Å². The number of hydrogen-bond acceptors (Lipinski definition) is 1. The lowest BCUT2D eigenvalue weighted by Gasteiger charge is -1.98. The van der Waals surface area contributed by atoms with Crippen LogP contribution in [0.3, 0.4) is 0 Å². The van der Waals surface area contributed by atoms with Crippen LogP contribution in [0.15, 0.2) is 18.2 Å². The highest BCUT2D eigenvalue weighted by Crippen LogP contribution is 2.17. The molecule has 1 heterocycles. The van der Waals surface area contributed by atoms with Gasteiger partial charge < -0.3 is 4.98 Å². The number of nitrogens with zero attached hydrogens (tertiary/aromatic N) is 1. The van der Waals surface area contributed by atoms with Gasteiger partial charge in [0.1, 0.15) is 5.82 Å². The van der Waals surface area contributed by atoms with Crippen molar-refractivity contribution in [3.63, 3.8) is 0 Å². The van der Waals surface area contributed by atoms with Crippen molar-refractivity contribution < 1.29 is 0 Å². The van der Waals surface area contributed by atoms with E-state index in [-0.39, 0.29) is 0 Å². The fourth-order valence-corrected chi connectivity index (χ4v) is 1.69. The van der Waals surface area contributed by atoms with E-state index in [4.69, 9.17) is 0 Å². The van der Waals surface area contributed by atoms with Crippen LogP contribution in [0.2, 0.25) is 0 Å². The van der Waals surface area contributed by atoms with Gasteiger partial charge >= 0.3 is 0 Å². The predicted molar refractivity (Wildman–Crippen MR) is 54.8 cm³/mol. The molecule has 0 saturated carbocycles. The number of hydrogen-bond donors (Lipinski definition) is 1. The van der Waals surface area contributed by atoms with Gasteiger partial charge in [0.25, 0.3) is 0 Å². The summed E-state index contributed by atoms with van der Waals surface area (Å²) in [6.07, 6.45) is 2.28. The van der Waals surface area contributed by atoms with Crippen molar-refractivity contribution in [3.05, 3.63) is 29.6 Å². The van der Waals surface area contributed by atoms with Crippen LogP contribution in [0.5, 0.6) is 0 Å². The summed E-state index contributed by atoms with van der Waals surface area (Å²) in [4.78, 5) is 7.72. The minimum absolute atomic E-state index is 0.999. The maximum atomic E-state index is 4.48. The zero-order chi connectivity index (χ0) is 9.26. The van der Waals surface area contributed by atoms with Crippen LogP contribution < -0.4 is 0 Å². The minimum atomic E-state index is 0.999. The third-order valence-corrected chi connectivity index (χ3v) is 2.23. The van der Waals surface area contributed by atoms with E-state index in [2.05, 4.69) is 35.1 Å². The number of nitrogens with one attached hydrogen (secondary N) is 1. The molecule has 68 valence electrons. The first kappa shape index (κ1) is 8.30. The number of para-hydroxylation sites is 1. The van der Waals surface area contributed by atoms with Crippen molar-refractivity contribution in [2.45, 2.75) is 26.7 Å². The van der Waals surface area contributed by atoms with Crippen molar-refractivity contribution in [3.8, 4) is 0 Å². The van der Waals surface area contributed by atoms with Gasteiger partial charge in [-0.15, -0.1) is 0 Å². The fourth-order valence-electron chi connectivity index (χ4n) is 1.69. The molecule has 0 amide bonds. The van der Waals surface area contributed by atoms with Gasteiger partial charge in [-0.05, 0) is 25.0 Å². The van der Waals surface area contributed by atoms with Crippen LogP contribution >= 0.6 is 0 Å². The highest BCUT2D eigenvalue weighted by molar-refractivity contribution is 5.78. The average Bonchev–Trinajstić information content (AvgIpc) is 2.47. The molecule has 0 atom stereocenters. The SMILES string of the molecule is CCCc1cccc2[nH]c(C)nc12. The molecule has 2 nitrogen and oxygen atoms in total. The molecule has 2 heteroatoms. The Kier molecular flexibility index (Phi) is 2.05. The minimum Gasteiger partial charge on any atom is -0.342 e. The van der Waals surface area contributed by atoms with Crippen molar-refractivity contribution in [1.82, 2.24) is 9.97 Å². The third-order valence-electron chi connectivity index (χ3n) is 2.23. The summed E-state index contributed by atoms with van der Waals surface area (Å²) < 4.78 is 0. The Morgan fingerprint density at radius 3 is 3.00 bits per heavy atom. The van der Waals surface area contributed by atoms with E-state index in [1.54, 1.807) is 0 Å². The lowest BCUT2D eigenvalue weighted by molar-refractivity contribution is 0.927. The summed E-state index contributed by atoms with van der Waals surface area (Å²) in [6, 6.07) is 6.32. The number of H-pyrrole nitrogens is 1. The molecule has 1 aromatic heterocycles. The number of aromatic nitrogens is 2. The first-order valence-electron chi connectivity index (χ1n) is 4.75. The highest BCUT2D eigenvalue weighted by atomic mass is 14.9. The highest BCUT2D eigenvalue weighted by Gasteiger charge is 2.03. The summed E-state index contributed by atoms with van der Waals surface area (Å²) in [5.41, 5.74) is 3.65. The van der Waals surface area contributed by atoms with Crippen LogP contribution in [-0.2, 0) is 6.42 Å². The Morgan fingerprint density at radius 2 is 2.23 bits per heavy atom. The van der Waals surface area contributed by atoms with Crippen molar-refractivity contribution in [1.29, 1.82) is 0 Å². The second-order valence-corrected chi connectivity index (χ2v) is 3.39. The zero-order valence-electron chi connectivity index (χ0n) is 8.09. The molecule has 0 radical (unpaired) electrons. The van der Waals surface area contributed by atoms with Gasteiger partial charge in [0.15, 0.2) is 0 Å². The topological polar surface area (TPSA) is 28.7 Å². The van der Waals surface area contributed by atoms with Crippen molar-refractivity contribution in [2.75, 3.05) is 0 Å². The first-order chi connectivity index (χ1) is 6.31. The summed E-state index contributed by atoms with van der Waals surface area (Å²) in [7, 11) is 0. The van der Waals surface area contributed by atoms with E-state index >= 15 is 0 Å². The second-order valence-electron chi connectivity index (χ2n) is 3.39. The summed E-state index contributed by atoms with van der Waals surface area (Å²) in [6.45, 7) is 4.19. The third kappa shape index (κ3) is 1.44. The molecule has 1 N–H and O–H groups in total. The molecular formula is C11H14N2. The van der Waals surface area contributed by atoms with Gasteiger partial charge in [0, 0.05) is 0 Å². The number of imidazole rings is 1. The number of benzene rings is 1. The maximum absolute atomic E-state index is 4.48. The number of aromatic amines is 1. The number of rotatable bonds is 2. The average molecular weight is 174 g/mol. The number of fused-ring (bicyclic) bond motifs is 1. The molecule has 2 rings (SSSR count). The van der Waals surface area contributed by atoms with Gasteiger partial charge in [0.2, 0.25) is 0 Å². The lowest BCUT2D eigenvalue weighted by Crippen LogP contribution is -1.84. The van der Waals surface area contributed by atoms with E-state index in [0.717, 1.165) is 23.3 Å². The van der Waals surface area contributed by atoms with Crippen molar-refractivity contribution in [2.24, 2.45) is 0 Å². The van der Waals surface area contributed by atoms with Crippen LogP contribution in [0.1, 0.15) is 24.7 Å². The van der Waals surface area contributed by atoms with Gasteiger partial charge in [-0.1, -0.05) is 25.5 Å². The molecule has 0 bridgehead atoms. The number of aryl methyl sites for hydroxylation is 2. The molecule has 0 saturated heterocycles. The fraction of sp³-hybridized carbons (Fsp3) is 0.364. The van der Waals surface area contributed by atoms with E-state index in [9.17, 15) is 0 Å². The van der Waals surface area contributed by atoms with E-state index in [1.807, 2.05) is 6.92 Å². The van der Waals surface area contributed by atoms with Gasteiger partial charge in [0.05, 0.1) is 11.0 Å². The molecule has 0 aliphatic rings. The lowest BCUT2D eigenvalue weighted by atomic mass is 10.1. The Hall–Kier alpha value is -1.31. The van der Waals surface area contributed by atoms with Crippen LogP contribution in [0, 0.1) is 6.92 Å². The normalized spacial score (nSPS) is 10.9. The molecule has 2 aromatic rings. The van der Waals surface area contributed by atoms with Crippen LogP contribution in [0.25, 0.3) is 11.0 Å². The zero-order valence-corrected chi connectivity index (χ0v) is 8.09. The maximum Gasteiger partial charge on any atom is 0.104 e. The Morgan fingerprint density at radius 1 is 1.38 bits per heavy atom. The second kappa shape index (κ2) is 3.21. The molecular weight excluding hydrogens is 160 g/mol. The smallest absolute Gasteiger partial charge is 0.104 e. The summed E-state index contributed by atoms with van der Waals surface area (Å²) >= 11 is 0. The van der Waals surface area contributed by atoms with Crippen LogP contribution in [0.4, 0.5) is 0 Å². The van der Waals surface area contributed by atoms with Gasteiger partial charge in [-0.3, -0.25) is 0 Å². The monoisotopic (exact) mass is 174 g/mol. The molecule has 1 aromatic carbocycles. The van der Waals surface area contributed by atoms with E-state index < -0.39 is 0 Å². The molecule has 0 fully saturated rings. The predicted octanol–water partition coefficient (Wildman–Crippen LogP) is 2.82. The molecule has 0 aliphatic heterocycles. The van der Waals surface area contributed by atoms with Gasteiger partial charge in [-0.25, -0.2) is 4.98 Å². The standard InChI is InChI=1S/C11H14N2/c1-3-5-9-6-4-7-10-11(9)13-8(2)12-10/h4,6-7H,3,5H2,1-2H3,(H,12,13). The molecule has 0 aliphatic carbocycles. The Labute approximate surface area is 78.0 Å². The summed E-state index contributed by atoms with van der Waals surface area (Å²) in [5.74, 6) is 0.999. The van der Waals surface area contributed by atoms with E-state index in [1.165, 1.54) is 12.0 Å². The Balaban J connectivity index is 2.60.